The van der Waals surface area contributed by atoms with E-state index in [1.807, 2.05) is 12.1 Å². The highest BCUT2D eigenvalue weighted by atomic mass is 16.5. The number of aryl methyl sites for hydroxylation is 1. The molecule has 0 unspecified atom stereocenters. The van der Waals surface area contributed by atoms with Crippen LogP contribution >= 0.6 is 0 Å². The zero-order valence-corrected chi connectivity index (χ0v) is 12.2. The normalized spacial score (nSPS) is 11.4. The number of nitrogens with two attached hydrogens (primary N) is 1. The maximum Gasteiger partial charge on any atom is 0.126 e. The summed E-state index contributed by atoms with van der Waals surface area (Å²) in [6.45, 7) is 7.18. The molecule has 1 aromatic rings. The number of methoxy groups -OCH3 is 2. The Hall–Kier alpha value is -1.22. The predicted molar refractivity (Wildman–Crippen MR) is 75.4 cm³/mol. The van der Waals surface area contributed by atoms with Gasteiger partial charge in [-0.15, -0.1) is 0 Å². The molecule has 0 bridgehead atoms. The van der Waals surface area contributed by atoms with Gasteiger partial charge < -0.3 is 15.2 Å². The zero-order valence-electron chi connectivity index (χ0n) is 12.2. The van der Waals surface area contributed by atoms with Gasteiger partial charge in [0.1, 0.15) is 11.5 Å². The first-order valence-corrected chi connectivity index (χ1v) is 6.35. The molecule has 0 heterocycles. The molecule has 0 aliphatic rings. The van der Waals surface area contributed by atoms with Crippen molar-refractivity contribution in [3.63, 3.8) is 0 Å². The number of rotatable bonds is 6. The molecule has 1 aromatic carbocycles. The highest BCUT2D eigenvalue weighted by molar-refractivity contribution is 5.46. The van der Waals surface area contributed by atoms with Crippen molar-refractivity contribution in [3.05, 3.63) is 23.3 Å². The molecule has 0 amide bonds. The Bertz CT molecular complexity index is 400. The van der Waals surface area contributed by atoms with E-state index in [0.717, 1.165) is 24.3 Å². The fourth-order valence-corrected chi connectivity index (χ4v) is 1.94. The Kier molecular flexibility index (Phi) is 5.03. The third-order valence-electron chi connectivity index (χ3n) is 3.47. The summed E-state index contributed by atoms with van der Waals surface area (Å²) in [7, 11) is 3.37. The van der Waals surface area contributed by atoms with Gasteiger partial charge in [0, 0.05) is 6.07 Å². The second kappa shape index (κ2) is 6.10. The highest BCUT2D eigenvalue weighted by Gasteiger charge is 2.18. The highest BCUT2D eigenvalue weighted by Crippen LogP contribution is 2.31. The monoisotopic (exact) mass is 251 g/mol. The van der Waals surface area contributed by atoms with E-state index >= 15 is 0 Å². The molecule has 1 rings (SSSR count). The first-order chi connectivity index (χ1) is 8.43. The van der Waals surface area contributed by atoms with Crippen molar-refractivity contribution >= 4 is 0 Å². The molecule has 102 valence electrons. The van der Waals surface area contributed by atoms with E-state index in [1.54, 1.807) is 14.2 Å². The summed E-state index contributed by atoms with van der Waals surface area (Å²) in [5.41, 5.74) is 8.39. The van der Waals surface area contributed by atoms with E-state index < -0.39 is 0 Å². The third kappa shape index (κ3) is 3.64. The van der Waals surface area contributed by atoms with Crippen LogP contribution in [0.5, 0.6) is 11.5 Å². The van der Waals surface area contributed by atoms with Gasteiger partial charge in [0.05, 0.1) is 14.2 Å². The molecule has 0 aliphatic carbocycles. The molecule has 0 aliphatic heterocycles. The van der Waals surface area contributed by atoms with Gasteiger partial charge in [0.15, 0.2) is 0 Å². The van der Waals surface area contributed by atoms with Gasteiger partial charge in [-0.25, -0.2) is 0 Å². The Balaban J connectivity index is 2.94. The summed E-state index contributed by atoms with van der Waals surface area (Å²) in [4.78, 5) is 0. The fourth-order valence-electron chi connectivity index (χ4n) is 1.94. The molecular weight excluding hydrogens is 226 g/mol. The van der Waals surface area contributed by atoms with E-state index in [-0.39, 0.29) is 5.41 Å². The van der Waals surface area contributed by atoms with Crippen LogP contribution in [-0.2, 0) is 6.42 Å². The number of benzene rings is 1. The molecule has 0 fully saturated rings. The lowest BCUT2D eigenvalue weighted by Gasteiger charge is -2.23. The Labute approximate surface area is 110 Å². The standard InChI is InChI=1S/C15H25NO2/c1-11-8-12(17-4)9-14(18-5)13(11)6-7-15(2,3)10-16/h8-9H,6-7,10,16H2,1-5H3. The Morgan fingerprint density at radius 1 is 1.17 bits per heavy atom. The minimum atomic E-state index is 0.164. The van der Waals surface area contributed by atoms with Gasteiger partial charge in [0.25, 0.3) is 0 Å². The quantitative estimate of drug-likeness (QED) is 0.845. The molecule has 0 saturated heterocycles. The largest absolute Gasteiger partial charge is 0.497 e. The lowest BCUT2D eigenvalue weighted by Crippen LogP contribution is -2.24. The van der Waals surface area contributed by atoms with Crippen molar-refractivity contribution in [1.82, 2.24) is 0 Å². The van der Waals surface area contributed by atoms with Crippen LogP contribution in [0, 0.1) is 12.3 Å². The number of hydrogen-bond donors (Lipinski definition) is 1. The van der Waals surface area contributed by atoms with Crippen molar-refractivity contribution in [1.29, 1.82) is 0 Å². The third-order valence-corrected chi connectivity index (χ3v) is 3.47. The van der Waals surface area contributed by atoms with Crippen LogP contribution < -0.4 is 15.2 Å². The van der Waals surface area contributed by atoms with Crippen molar-refractivity contribution in [2.75, 3.05) is 20.8 Å². The van der Waals surface area contributed by atoms with Crippen molar-refractivity contribution < 1.29 is 9.47 Å². The van der Waals surface area contributed by atoms with Crippen molar-refractivity contribution in [2.24, 2.45) is 11.1 Å². The maximum absolute atomic E-state index is 5.77. The summed E-state index contributed by atoms with van der Waals surface area (Å²) in [6.07, 6.45) is 2.02. The topological polar surface area (TPSA) is 44.5 Å². The van der Waals surface area contributed by atoms with Crippen LogP contribution in [0.2, 0.25) is 0 Å². The molecule has 0 atom stereocenters. The smallest absolute Gasteiger partial charge is 0.126 e. The molecule has 18 heavy (non-hydrogen) atoms. The van der Waals surface area contributed by atoms with Gasteiger partial charge in [-0.2, -0.15) is 0 Å². The molecule has 2 N–H and O–H groups in total. The first kappa shape index (κ1) is 14.8. The van der Waals surface area contributed by atoms with Gasteiger partial charge in [-0.1, -0.05) is 13.8 Å². The van der Waals surface area contributed by atoms with Crippen LogP contribution in [0.15, 0.2) is 12.1 Å². The first-order valence-electron chi connectivity index (χ1n) is 6.35. The Morgan fingerprint density at radius 2 is 1.83 bits per heavy atom. The molecule has 0 spiro atoms. The van der Waals surface area contributed by atoms with Crippen LogP contribution in [0.1, 0.15) is 31.4 Å². The minimum Gasteiger partial charge on any atom is -0.497 e. The maximum atomic E-state index is 5.77. The number of hydrogen-bond acceptors (Lipinski definition) is 3. The van der Waals surface area contributed by atoms with E-state index in [0.29, 0.717) is 6.54 Å². The van der Waals surface area contributed by atoms with Gasteiger partial charge >= 0.3 is 0 Å². The molecule has 0 radical (unpaired) electrons. The van der Waals surface area contributed by atoms with E-state index in [9.17, 15) is 0 Å². The van der Waals surface area contributed by atoms with Crippen molar-refractivity contribution in [3.8, 4) is 11.5 Å². The summed E-state index contributed by atoms with van der Waals surface area (Å²) in [6, 6.07) is 3.99. The van der Waals surface area contributed by atoms with Crippen molar-refractivity contribution in [2.45, 2.75) is 33.6 Å². The van der Waals surface area contributed by atoms with Crippen LogP contribution in [0.25, 0.3) is 0 Å². The van der Waals surface area contributed by atoms with Gasteiger partial charge in [-0.3, -0.25) is 0 Å². The van der Waals surface area contributed by atoms with Crippen LogP contribution in [-0.4, -0.2) is 20.8 Å². The summed E-state index contributed by atoms with van der Waals surface area (Å²) >= 11 is 0. The minimum absolute atomic E-state index is 0.164. The SMILES string of the molecule is COc1cc(C)c(CCC(C)(C)CN)c(OC)c1. The fraction of sp³-hybridized carbons (Fsp3) is 0.600. The van der Waals surface area contributed by atoms with E-state index in [2.05, 4.69) is 20.8 Å². The molecule has 3 heteroatoms. The van der Waals surface area contributed by atoms with Gasteiger partial charge in [-0.05, 0) is 48.9 Å². The number of ether oxygens (including phenoxy) is 2. The molecule has 3 nitrogen and oxygen atoms in total. The lowest BCUT2D eigenvalue weighted by atomic mass is 9.85. The van der Waals surface area contributed by atoms with E-state index in [1.165, 1.54) is 11.1 Å². The summed E-state index contributed by atoms with van der Waals surface area (Å²) in [5, 5.41) is 0. The summed E-state index contributed by atoms with van der Waals surface area (Å²) < 4.78 is 10.7. The molecule has 0 aromatic heterocycles. The molecule has 0 saturated carbocycles. The predicted octanol–water partition coefficient (Wildman–Crippen LogP) is 2.93. The Morgan fingerprint density at radius 3 is 2.33 bits per heavy atom. The lowest BCUT2D eigenvalue weighted by molar-refractivity contribution is 0.342. The molecular formula is C15H25NO2. The van der Waals surface area contributed by atoms with Crippen LogP contribution in [0.4, 0.5) is 0 Å². The summed E-state index contributed by atoms with van der Waals surface area (Å²) in [5.74, 6) is 1.74. The second-order valence-electron chi connectivity index (χ2n) is 5.49. The average molecular weight is 251 g/mol. The van der Waals surface area contributed by atoms with E-state index in [4.69, 9.17) is 15.2 Å². The second-order valence-corrected chi connectivity index (χ2v) is 5.49. The van der Waals surface area contributed by atoms with Gasteiger partial charge in [0.2, 0.25) is 0 Å². The van der Waals surface area contributed by atoms with Crippen LogP contribution in [0.3, 0.4) is 0 Å². The average Bonchev–Trinajstić information content (AvgIpc) is 2.36. The zero-order chi connectivity index (χ0) is 13.8.